The van der Waals surface area contributed by atoms with Crippen LogP contribution in [0, 0.1) is 34.2 Å². The van der Waals surface area contributed by atoms with Gasteiger partial charge in [0.15, 0.2) is 5.78 Å². The second-order valence-corrected chi connectivity index (χ2v) is 11.4. The molecule has 2 fully saturated rings. The number of hydrogen-bond acceptors (Lipinski definition) is 3. The average Bonchev–Trinajstić information content (AvgIpc) is 3.79. The molecule has 1 heterocycles. The lowest BCUT2D eigenvalue weighted by atomic mass is 9.79. The van der Waals surface area contributed by atoms with Crippen LogP contribution in [-0.2, 0) is 30.9 Å². The Kier molecular flexibility index (Phi) is 6.37. The van der Waals surface area contributed by atoms with Gasteiger partial charge in [0, 0.05) is 30.8 Å². The maximum absolute atomic E-state index is 15.0. The number of pyridine rings is 1. The Morgan fingerprint density at radius 3 is 2.28 bits per heavy atom. The van der Waals surface area contributed by atoms with Crippen molar-refractivity contribution in [3.63, 3.8) is 0 Å². The van der Waals surface area contributed by atoms with Gasteiger partial charge in [-0.15, -0.1) is 0 Å². The molecule has 0 amide bonds. The summed E-state index contributed by atoms with van der Waals surface area (Å²) in [6.45, 7) is 0. The summed E-state index contributed by atoms with van der Waals surface area (Å²) in [7, 11) is 1.32. The van der Waals surface area contributed by atoms with Crippen molar-refractivity contribution in [2.45, 2.75) is 31.9 Å². The zero-order valence-corrected chi connectivity index (χ0v) is 22.6. The summed E-state index contributed by atoms with van der Waals surface area (Å²) < 4.78 is 87.3. The van der Waals surface area contributed by atoms with E-state index in [1.807, 2.05) is 0 Å². The van der Waals surface area contributed by atoms with Crippen LogP contribution in [-0.4, -0.2) is 21.4 Å². The Labute approximate surface area is 240 Å². The SMILES string of the molecule is Cn1c(=O)c(Cc2cc(CC3(C(=O)O)C4CC43CC(=O)c3c(F)cccc3F)ccc2F)c(C(F)(F)F)c2ccccc21. The number of para-hydroxylation sites is 1. The molecule has 3 unspecified atom stereocenters. The number of Topliss-reactive ketones (excluding diaryl/α,β-unsaturated/α-hetero) is 1. The van der Waals surface area contributed by atoms with E-state index in [9.17, 15) is 41.4 Å². The Bertz CT molecular complexity index is 1890. The molecule has 1 N–H and O–H groups in total. The Morgan fingerprint density at radius 1 is 0.977 bits per heavy atom. The van der Waals surface area contributed by atoms with Crippen LogP contribution in [0.15, 0.2) is 65.5 Å². The number of aryl methyl sites for hydroxylation is 1. The van der Waals surface area contributed by atoms with Crippen molar-refractivity contribution in [1.82, 2.24) is 4.57 Å². The zero-order chi connectivity index (χ0) is 31.1. The number of carbonyl (C=O) groups is 2. The topological polar surface area (TPSA) is 76.4 Å². The van der Waals surface area contributed by atoms with Crippen LogP contribution in [0.25, 0.3) is 10.9 Å². The molecule has 3 atom stereocenters. The van der Waals surface area contributed by atoms with Crippen molar-refractivity contribution in [2.75, 3.05) is 0 Å². The highest BCUT2D eigenvalue weighted by molar-refractivity contribution is 5.99. The molecule has 3 aromatic carbocycles. The first-order chi connectivity index (χ1) is 20.2. The van der Waals surface area contributed by atoms with E-state index in [-0.39, 0.29) is 28.5 Å². The summed E-state index contributed by atoms with van der Waals surface area (Å²) in [4.78, 5) is 38.5. The van der Waals surface area contributed by atoms with Crippen LogP contribution in [0.2, 0.25) is 0 Å². The zero-order valence-electron chi connectivity index (χ0n) is 22.6. The molecule has 2 aliphatic rings. The predicted molar refractivity (Wildman–Crippen MR) is 143 cm³/mol. The molecule has 0 spiro atoms. The minimum absolute atomic E-state index is 0.0595. The number of nitrogens with zero attached hydrogens (tertiary/aromatic N) is 1. The van der Waals surface area contributed by atoms with Crippen LogP contribution in [0.3, 0.4) is 0 Å². The van der Waals surface area contributed by atoms with E-state index in [0.717, 1.165) is 28.8 Å². The molecular weight excluding hydrogens is 576 g/mol. The normalized spacial score (nSPS) is 22.3. The number of carboxylic acid groups (broad SMARTS) is 1. The summed E-state index contributed by atoms with van der Waals surface area (Å²) >= 11 is 0. The first-order valence-electron chi connectivity index (χ1n) is 13.4. The van der Waals surface area contributed by atoms with E-state index in [4.69, 9.17) is 0 Å². The lowest BCUT2D eigenvalue weighted by Crippen LogP contribution is -2.31. The van der Waals surface area contributed by atoms with Gasteiger partial charge in [-0.05, 0) is 59.6 Å². The molecule has 4 aromatic rings. The van der Waals surface area contributed by atoms with E-state index < -0.39 is 87.2 Å². The second kappa shape index (κ2) is 9.55. The molecule has 0 radical (unpaired) electrons. The molecule has 1 aromatic heterocycles. The minimum Gasteiger partial charge on any atom is -0.481 e. The number of fused-ring (bicyclic) bond motifs is 2. The van der Waals surface area contributed by atoms with E-state index >= 15 is 4.39 Å². The van der Waals surface area contributed by atoms with Crippen molar-refractivity contribution in [1.29, 1.82) is 0 Å². The molecule has 2 saturated carbocycles. The number of aliphatic carboxylic acids is 1. The molecule has 2 aliphatic carbocycles. The third-order valence-electron chi connectivity index (χ3n) is 9.22. The smallest absolute Gasteiger partial charge is 0.417 e. The number of benzene rings is 3. The van der Waals surface area contributed by atoms with Gasteiger partial charge in [0.2, 0.25) is 0 Å². The number of rotatable bonds is 8. The van der Waals surface area contributed by atoms with Crippen LogP contribution >= 0.6 is 0 Å². The van der Waals surface area contributed by atoms with Crippen LogP contribution in [0.1, 0.15) is 45.5 Å². The third kappa shape index (κ3) is 4.27. The molecule has 222 valence electrons. The van der Waals surface area contributed by atoms with Gasteiger partial charge in [0.05, 0.1) is 22.1 Å². The lowest BCUT2D eigenvalue weighted by Gasteiger charge is -2.24. The molecule has 5 nitrogen and oxygen atoms in total. The Balaban J connectivity index is 1.34. The molecule has 43 heavy (non-hydrogen) atoms. The summed E-state index contributed by atoms with van der Waals surface area (Å²) in [6.07, 6.45) is -5.87. The summed E-state index contributed by atoms with van der Waals surface area (Å²) in [5, 5.41) is 9.96. The predicted octanol–water partition coefficient (Wildman–Crippen LogP) is 6.47. The summed E-state index contributed by atoms with van der Waals surface area (Å²) in [5.41, 5.74) is -5.91. The van der Waals surface area contributed by atoms with Crippen molar-refractivity contribution in [2.24, 2.45) is 23.8 Å². The van der Waals surface area contributed by atoms with Gasteiger partial charge >= 0.3 is 12.1 Å². The van der Waals surface area contributed by atoms with Gasteiger partial charge in [-0.3, -0.25) is 14.4 Å². The van der Waals surface area contributed by atoms with Crippen LogP contribution < -0.4 is 5.56 Å². The fourth-order valence-corrected chi connectivity index (χ4v) is 6.95. The quantitative estimate of drug-likeness (QED) is 0.186. The summed E-state index contributed by atoms with van der Waals surface area (Å²) in [5.74, 6) is -5.55. The van der Waals surface area contributed by atoms with Crippen molar-refractivity contribution in [3.8, 4) is 0 Å². The standard InChI is InChI=1S/C32H23F6NO4/c1-39-23-8-3-2-5-18(23)27(32(36,37)38)19(28(39)41)12-17-11-16(9-10-20(17)33)13-31(29(42)43)25-15-30(25,31)14-24(40)26-21(34)6-4-7-22(26)35/h2-11,25H,12-15H2,1H3,(H,42,43). The average molecular weight is 600 g/mol. The maximum atomic E-state index is 15.0. The van der Waals surface area contributed by atoms with Gasteiger partial charge in [-0.25, -0.2) is 13.2 Å². The third-order valence-corrected chi connectivity index (χ3v) is 9.22. The highest BCUT2D eigenvalue weighted by atomic mass is 19.4. The van der Waals surface area contributed by atoms with E-state index in [1.54, 1.807) is 0 Å². The number of aromatic nitrogens is 1. The number of carbonyl (C=O) groups excluding carboxylic acids is 1. The Morgan fingerprint density at radius 2 is 1.65 bits per heavy atom. The summed E-state index contributed by atoms with van der Waals surface area (Å²) in [6, 6.07) is 12.0. The first kappa shape index (κ1) is 28.7. The number of hydrogen-bond donors (Lipinski definition) is 1. The minimum atomic E-state index is -4.92. The van der Waals surface area contributed by atoms with Crippen molar-refractivity contribution in [3.05, 3.63) is 116 Å². The Hall–Kier alpha value is -4.41. The van der Waals surface area contributed by atoms with Gasteiger partial charge in [-0.2, -0.15) is 13.2 Å². The molecular formula is C32H23F6NO4. The van der Waals surface area contributed by atoms with Crippen molar-refractivity contribution < 1.29 is 41.0 Å². The molecule has 0 saturated heterocycles. The fourth-order valence-electron chi connectivity index (χ4n) is 6.95. The highest BCUT2D eigenvalue weighted by Gasteiger charge is 2.91. The first-order valence-corrected chi connectivity index (χ1v) is 13.4. The van der Waals surface area contributed by atoms with Crippen LogP contribution in [0.4, 0.5) is 26.3 Å². The van der Waals surface area contributed by atoms with Crippen molar-refractivity contribution >= 4 is 22.7 Å². The van der Waals surface area contributed by atoms with Gasteiger partial charge in [0.25, 0.3) is 5.56 Å². The molecule has 11 heteroatoms. The molecule has 6 rings (SSSR count). The van der Waals surface area contributed by atoms with Gasteiger partial charge in [0.1, 0.15) is 17.5 Å². The second-order valence-electron chi connectivity index (χ2n) is 11.4. The van der Waals surface area contributed by atoms with Gasteiger partial charge in [-0.1, -0.05) is 36.4 Å². The van der Waals surface area contributed by atoms with E-state index in [2.05, 4.69) is 0 Å². The van der Waals surface area contributed by atoms with Crippen LogP contribution in [0.5, 0.6) is 0 Å². The monoisotopic (exact) mass is 599 g/mol. The number of ketones is 1. The molecule has 0 aliphatic heterocycles. The fraction of sp³-hybridized carbons (Fsp3) is 0.281. The largest absolute Gasteiger partial charge is 0.481 e. The van der Waals surface area contributed by atoms with E-state index in [0.29, 0.717) is 6.42 Å². The maximum Gasteiger partial charge on any atom is 0.417 e. The number of halogens is 6. The van der Waals surface area contributed by atoms with Gasteiger partial charge < -0.3 is 9.67 Å². The highest BCUT2D eigenvalue weighted by Crippen LogP contribution is 2.90. The number of carboxylic acids is 1. The number of alkyl halides is 3. The lowest BCUT2D eigenvalue weighted by molar-refractivity contribution is -0.147. The van der Waals surface area contributed by atoms with E-state index in [1.165, 1.54) is 43.4 Å². The molecule has 0 bridgehead atoms.